The molecule has 3 heteroatoms. The fraction of sp³-hybridized carbons (Fsp3) is 0.538. The summed E-state index contributed by atoms with van der Waals surface area (Å²) in [5, 5.41) is 4.28. The predicted molar refractivity (Wildman–Crippen MR) is 75.0 cm³/mol. The van der Waals surface area contributed by atoms with Gasteiger partial charge in [0.05, 0.1) is 0 Å². The van der Waals surface area contributed by atoms with Crippen molar-refractivity contribution in [1.29, 1.82) is 0 Å². The Balaban J connectivity index is 2.43. The molecule has 0 aromatic heterocycles. The Kier molecular flexibility index (Phi) is 3.98. The summed E-state index contributed by atoms with van der Waals surface area (Å²) < 4.78 is 1.23. The topological polar surface area (TPSA) is 12.0 Å². The number of benzene rings is 1. The zero-order chi connectivity index (χ0) is 11.7. The molecule has 2 rings (SSSR count). The molecule has 0 amide bonds. The predicted octanol–water partition coefficient (Wildman–Crippen LogP) is 4.23. The second-order valence-corrected chi connectivity index (χ2v) is 6.62. The van der Waals surface area contributed by atoms with Gasteiger partial charge in [-0.05, 0) is 40.0 Å². The van der Waals surface area contributed by atoms with E-state index in [4.69, 9.17) is 0 Å². The van der Waals surface area contributed by atoms with E-state index in [1.165, 1.54) is 14.9 Å². The standard InChI is InChI=1S/C13H18BrNS/c1-4-15-12-8(2)9(3)16-13-10(12)6-5-7-11(13)14/h5-9,12,15H,4H2,1-3H3. The minimum atomic E-state index is 0.494. The third kappa shape index (κ3) is 2.18. The van der Waals surface area contributed by atoms with Gasteiger partial charge in [-0.2, -0.15) is 0 Å². The highest BCUT2D eigenvalue weighted by molar-refractivity contribution is 9.10. The first-order chi connectivity index (χ1) is 7.65. The molecule has 3 unspecified atom stereocenters. The highest BCUT2D eigenvalue weighted by Crippen LogP contribution is 2.46. The van der Waals surface area contributed by atoms with Crippen LogP contribution in [0.2, 0.25) is 0 Å². The molecule has 0 radical (unpaired) electrons. The van der Waals surface area contributed by atoms with Crippen molar-refractivity contribution in [3.63, 3.8) is 0 Å². The zero-order valence-corrected chi connectivity index (χ0v) is 12.4. The third-order valence-corrected chi connectivity index (χ3v) is 5.74. The van der Waals surface area contributed by atoms with Crippen molar-refractivity contribution in [2.45, 2.75) is 37.0 Å². The van der Waals surface area contributed by atoms with Gasteiger partial charge in [-0.3, -0.25) is 0 Å². The van der Waals surface area contributed by atoms with Crippen LogP contribution in [0.3, 0.4) is 0 Å². The summed E-state index contributed by atoms with van der Waals surface area (Å²) in [6, 6.07) is 7.02. The molecule has 0 saturated carbocycles. The Morgan fingerprint density at radius 3 is 2.81 bits per heavy atom. The lowest BCUT2D eigenvalue weighted by Gasteiger charge is -2.36. The molecule has 1 aliphatic heterocycles. The average Bonchev–Trinajstić information content (AvgIpc) is 2.26. The summed E-state index contributed by atoms with van der Waals surface area (Å²) in [5.74, 6) is 0.673. The maximum absolute atomic E-state index is 3.66. The van der Waals surface area contributed by atoms with E-state index in [2.05, 4.69) is 60.2 Å². The van der Waals surface area contributed by atoms with Gasteiger partial charge in [-0.15, -0.1) is 11.8 Å². The van der Waals surface area contributed by atoms with Gasteiger partial charge >= 0.3 is 0 Å². The number of rotatable bonds is 2. The Labute approximate surface area is 111 Å². The number of hydrogen-bond acceptors (Lipinski definition) is 2. The molecule has 0 aliphatic carbocycles. The van der Waals surface area contributed by atoms with Crippen LogP contribution < -0.4 is 5.32 Å². The maximum atomic E-state index is 3.66. The minimum absolute atomic E-state index is 0.494. The van der Waals surface area contributed by atoms with Gasteiger partial charge in [-0.1, -0.05) is 32.9 Å². The molecule has 1 aliphatic rings. The molecule has 1 aromatic rings. The molecule has 88 valence electrons. The molecule has 1 aromatic carbocycles. The van der Waals surface area contributed by atoms with Gasteiger partial charge < -0.3 is 5.32 Å². The van der Waals surface area contributed by atoms with Crippen LogP contribution in [-0.4, -0.2) is 11.8 Å². The van der Waals surface area contributed by atoms with Crippen LogP contribution in [0.1, 0.15) is 32.4 Å². The molecule has 1 N–H and O–H groups in total. The maximum Gasteiger partial charge on any atom is 0.0368 e. The quantitative estimate of drug-likeness (QED) is 0.877. The fourth-order valence-electron chi connectivity index (χ4n) is 2.26. The van der Waals surface area contributed by atoms with Gasteiger partial charge in [0.1, 0.15) is 0 Å². The van der Waals surface area contributed by atoms with E-state index in [0.29, 0.717) is 17.2 Å². The van der Waals surface area contributed by atoms with Crippen molar-refractivity contribution in [3.8, 4) is 0 Å². The summed E-state index contributed by atoms with van der Waals surface area (Å²) in [4.78, 5) is 1.42. The molecule has 16 heavy (non-hydrogen) atoms. The molecule has 1 heterocycles. The van der Waals surface area contributed by atoms with Gasteiger partial charge in [0, 0.05) is 20.7 Å². The SMILES string of the molecule is CCNC1c2cccc(Br)c2SC(C)C1C. The van der Waals surface area contributed by atoms with E-state index in [9.17, 15) is 0 Å². The highest BCUT2D eigenvalue weighted by atomic mass is 79.9. The second kappa shape index (κ2) is 5.11. The monoisotopic (exact) mass is 299 g/mol. The Bertz CT molecular complexity index is 380. The summed E-state index contributed by atoms with van der Waals surface area (Å²) >= 11 is 5.65. The van der Waals surface area contributed by atoms with Crippen LogP contribution in [0.5, 0.6) is 0 Å². The number of halogens is 1. The molecule has 0 saturated heterocycles. The number of thioether (sulfide) groups is 1. The first-order valence-corrected chi connectivity index (χ1v) is 7.50. The second-order valence-electron chi connectivity index (χ2n) is 4.38. The van der Waals surface area contributed by atoms with E-state index in [-0.39, 0.29) is 0 Å². The zero-order valence-electron chi connectivity index (χ0n) is 9.96. The van der Waals surface area contributed by atoms with Gasteiger partial charge in [-0.25, -0.2) is 0 Å². The molecule has 0 fully saturated rings. The normalized spacial score (nSPS) is 28.9. The van der Waals surface area contributed by atoms with Crippen molar-refractivity contribution in [2.75, 3.05) is 6.54 Å². The van der Waals surface area contributed by atoms with Crippen LogP contribution >= 0.6 is 27.7 Å². The smallest absolute Gasteiger partial charge is 0.0368 e. The Morgan fingerprint density at radius 1 is 1.38 bits per heavy atom. The van der Waals surface area contributed by atoms with Crippen LogP contribution in [0.15, 0.2) is 27.6 Å². The van der Waals surface area contributed by atoms with Gasteiger partial charge in [0.15, 0.2) is 0 Å². The Hall–Kier alpha value is 0.01000. The van der Waals surface area contributed by atoms with Crippen molar-refractivity contribution in [1.82, 2.24) is 5.32 Å². The first-order valence-electron chi connectivity index (χ1n) is 5.83. The van der Waals surface area contributed by atoms with Crippen molar-refractivity contribution in [2.24, 2.45) is 5.92 Å². The molecule has 0 spiro atoms. The van der Waals surface area contributed by atoms with Gasteiger partial charge in [0.25, 0.3) is 0 Å². The van der Waals surface area contributed by atoms with E-state index < -0.39 is 0 Å². The number of hydrogen-bond donors (Lipinski definition) is 1. The third-order valence-electron chi connectivity index (χ3n) is 3.33. The summed E-state index contributed by atoms with van der Waals surface area (Å²) in [7, 11) is 0. The number of fused-ring (bicyclic) bond motifs is 1. The van der Waals surface area contributed by atoms with Gasteiger partial charge in [0.2, 0.25) is 0 Å². The van der Waals surface area contributed by atoms with E-state index >= 15 is 0 Å². The summed E-state index contributed by atoms with van der Waals surface area (Å²) in [6.45, 7) is 7.87. The van der Waals surface area contributed by atoms with Crippen molar-refractivity contribution < 1.29 is 0 Å². The largest absolute Gasteiger partial charge is 0.310 e. The summed E-state index contributed by atoms with van der Waals surface area (Å²) in [6.07, 6.45) is 0. The molecular formula is C13H18BrNS. The molecule has 3 atom stereocenters. The van der Waals surface area contributed by atoms with Crippen LogP contribution in [-0.2, 0) is 0 Å². The lowest BCUT2D eigenvalue weighted by atomic mass is 9.91. The van der Waals surface area contributed by atoms with Crippen LogP contribution in [0.25, 0.3) is 0 Å². The molecule has 1 nitrogen and oxygen atoms in total. The fourth-order valence-corrected chi connectivity index (χ4v) is 4.18. The first kappa shape index (κ1) is 12.5. The lowest BCUT2D eigenvalue weighted by molar-refractivity contribution is 0.379. The van der Waals surface area contributed by atoms with Crippen molar-refractivity contribution >= 4 is 27.7 Å². The Morgan fingerprint density at radius 2 is 2.12 bits per heavy atom. The van der Waals surface area contributed by atoms with Crippen LogP contribution in [0, 0.1) is 5.92 Å². The summed E-state index contributed by atoms with van der Waals surface area (Å²) in [5.41, 5.74) is 1.45. The highest BCUT2D eigenvalue weighted by Gasteiger charge is 2.32. The van der Waals surface area contributed by atoms with E-state index in [1.807, 2.05) is 11.8 Å². The van der Waals surface area contributed by atoms with E-state index in [0.717, 1.165) is 6.54 Å². The van der Waals surface area contributed by atoms with Crippen LogP contribution in [0.4, 0.5) is 0 Å². The number of nitrogens with one attached hydrogen (secondary N) is 1. The average molecular weight is 300 g/mol. The minimum Gasteiger partial charge on any atom is -0.310 e. The van der Waals surface area contributed by atoms with Crippen molar-refractivity contribution in [3.05, 3.63) is 28.2 Å². The lowest BCUT2D eigenvalue weighted by Crippen LogP contribution is -2.34. The molecular weight excluding hydrogens is 282 g/mol. The van der Waals surface area contributed by atoms with E-state index in [1.54, 1.807) is 0 Å². The molecule has 0 bridgehead atoms.